The Morgan fingerprint density at radius 3 is 2.64 bits per heavy atom. The summed E-state index contributed by atoms with van der Waals surface area (Å²) < 4.78 is 0. The molecule has 2 aromatic carbocycles. The summed E-state index contributed by atoms with van der Waals surface area (Å²) in [5.41, 5.74) is 4.24. The number of non-ortho nitro benzene ring substituents is 1. The average Bonchev–Trinajstić information content (AvgIpc) is 2.79. The van der Waals surface area contributed by atoms with Gasteiger partial charge >= 0.3 is 0 Å². The van der Waals surface area contributed by atoms with Crippen LogP contribution in [0.2, 0.25) is 0 Å². The lowest BCUT2D eigenvalue weighted by molar-refractivity contribution is -0.384. The Bertz CT molecular complexity index is 1290. The van der Waals surface area contributed by atoms with E-state index in [0.29, 0.717) is 34.1 Å². The molecule has 0 aliphatic heterocycles. The number of aromatic amines is 1. The van der Waals surface area contributed by atoms with Crippen molar-refractivity contribution in [2.24, 2.45) is 5.10 Å². The SMILES string of the molecule is CCc1c(C)nc(SC/C(=N/NC(=O)c2cccc(O)c2)c2cccc([N+](=O)[O-])c2)[nH]c1=O. The fraction of sp³-hybridized carbons (Fsp3) is 0.182. The number of nitro benzene ring substituents is 1. The molecule has 33 heavy (non-hydrogen) atoms. The summed E-state index contributed by atoms with van der Waals surface area (Å²) in [7, 11) is 0. The summed E-state index contributed by atoms with van der Waals surface area (Å²) in [6.07, 6.45) is 0.556. The van der Waals surface area contributed by atoms with Gasteiger partial charge < -0.3 is 10.1 Å². The number of aryl methyl sites for hydroxylation is 1. The first-order chi connectivity index (χ1) is 15.8. The van der Waals surface area contributed by atoms with E-state index in [9.17, 15) is 24.8 Å². The van der Waals surface area contributed by atoms with Crippen LogP contribution in [0.3, 0.4) is 0 Å². The van der Waals surface area contributed by atoms with Gasteiger partial charge in [0.2, 0.25) is 0 Å². The monoisotopic (exact) mass is 467 g/mol. The van der Waals surface area contributed by atoms with E-state index in [1.165, 1.54) is 54.2 Å². The molecule has 0 unspecified atom stereocenters. The van der Waals surface area contributed by atoms with E-state index in [1.807, 2.05) is 6.92 Å². The quantitative estimate of drug-likeness (QED) is 0.151. The normalized spacial score (nSPS) is 11.3. The van der Waals surface area contributed by atoms with Crippen molar-refractivity contribution in [1.82, 2.24) is 15.4 Å². The number of hydrogen-bond donors (Lipinski definition) is 3. The Kier molecular flexibility index (Phi) is 7.57. The molecule has 1 amide bonds. The maximum atomic E-state index is 12.4. The molecule has 3 rings (SSSR count). The minimum atomic E-state index is -0.562. The van der Waals surface area contributed by atoms with Crippen molar-refractivity contribution in [2.75, 3.05) is 5.75 Å². The molecular weight excluding hydrogens is 446 g/mol. The van der Waals surface area contributed by atoms with Crippen molar-refractivity contribution in [1.29, 1.82) is 0 Å². The van der Waals surface area contributed by atoms with Gasteiger partial charge in [-0.15, -0.1) is 0 Å². The van der Waals surface area contributed by atoms with E-state index in [-0.39, 0.29) is 28.3 Å². The summed E-state index contributed by atoms with van der Waals surface area (Å²) in [5, 5.41) is 25.3. The second-order valence-electron chi connectivity index (χ2n) is 6.93. The van der Waals surface area contributed by atoms with Gasteiger partial charge in [0.05, 0.1) is 10.6 Å². The lowest BCUT2D eigenvalue weighted by Gasteiger charge is -2.09. The zero-order valence-electron chi connectivity index (χ0n) is 17.9. The summed E-state index contributed by atoms with van der Waals surface area (Å²) >= 11 is 1.18. The van der Waals surface area contributed by atoms with Crippen molar-refractivity contribution in [3.63, 3.8) is 0 Å². The van der Waals surface area contributed by atoms with E-state index in [2.05, 4.69) is 20.5 Å². The molecule has 0 aliphatic carbocycles. The Labute approximate surface area is 192 Å². The fourth-order valence-corrected chi connectivity index (χ4v) is 3.89. The number of hydrogen-bond acceptors (Lipinski definition) is 8. The molecule has 0 saturated heterocycles. The van der Waals surface area contributed by atoms with Gasteiger partial charge in [0.1, 0.15) is 5.75 Å². The van der Waals surface area contributed by atoms with Crippen molar-refractivity contribution in [3.8, 4) is 5.75 Å². The summed E-state index contributed by atoms with van der Waals surface area (Å²) in [4.78, 5) is 42.5. The van der Waals surface area contributed by atoms with Crippen molar-refractivity contribution in [3.05, 3.63) is 91.4 Å². The van der Waals surface area contributed by atoms with Crippen LogP contribution in [0, 0.1) is 17.0 Å². The zero-order chi connectivity index (χ0) is 24.0. The molecule has 0 bridgehead atoms. The number of H-pyrrole nitrogens is 1. The van der Waals surface area contributed by atoms with E-state index in [0.717, 1.165) is 0 Å². The standard InChI is InChI=1S/C22H21N5O5S/c1-3-18-13(2)23-22(24-21(18)30)33-12-19(14-6-4-8-16(10-14)27(31)32)25-26-20(29)15-7-5-9-17(28)11-15/h4-11,28H,3,12H2,1-2H3,(H,26,29)(H,23,24,30)/b25-19-. The number of aromatic nitrogens is 2. The van der Waals surface area contributed by atoms with Crippen LogP contribution in [0.4, 0.5) is 5.69 Å². The topological polar surface area (TPSA) is 151 Å². The minimum absolute atomic E-state index is 0.0676. The van der Waals surface area contributed by atoms with Crippen molar-refractivity contribution in [2.45, 2.75) is 25.4 Å². The Morgan fingerprint density at radius 1 is 1.24 bits per heavy atom. The molecule has 0 spiro atoms. The Balaban J connectivity index is 1.89. The third kappa shape index (κ3) is 6.04. The lowest BCUT2D eigenvalue weighted by Crippen LogP contribution is -2.21. The Morgan fingerprint density at radius 2 is 1.97 bits per heavy atom. The molecular formula is C22H21N5O5S. The molecule has 170 valence electrons. The van der Waals surface area contributed by atoms with E-state index in [1.54, 1.807) is 13.0 Å². The highest BCUT2D eigenvalue weighted by Gasteiger charge is 2.14. The molecule has 11 heteroatoms. The number of amides is 1. The number of nitrogens with zero attached hydrogens (tertiary/aromatic N) is 3. The van der Waals surface area contributed by atoms with Crippen LogP contribution < -0.4 is 11.0 Å². The number of benzene rings is 2. The predicted molar refractivity (Wildman–Crippen MR) is 125 cm³/mol. The molecule has 0 fully saturated rings. The molecule has 1 aromatic heterocycles. The van der Waals surface area contributed by atoms with Crippen molar-refractivity contribution >= 4 is 29.1 Å². The number of aromatic hydroxyl groups is 1. The first-order valence-corrected chi connectivity index (χ1v) is 10.9. The number of phenols is 1. The Hall–Kier alpha value is -3.99. The maximum absolute atomic E-state index is 12.4. The molecule has 1 heterocycles. The lowest BCUT2D eigenvalue weighted by atomic mass is 10.1. The van der Waals surface area contributed by atoms with Crippen LogP contribution in [0.5, 0.6) is 5.75 Å². The number of nitrogens with one attached hydrogen (secondary N) is 2. The van der Waals surface area contributed by atoms with E-state index in [4.69, 9.17) is 0 Å². The third-order valence-electron chi connectivity index (χ3n) is 4.69. The first kappa shape index (κ1) is 23.7. The molecule has 0 saturated carbocycles. The highest BCUT2D eigenvalue weighted by molar-refractivity contribution is 7.99. The summed E-state index contributed by atoms with van der Waals surface area (Å²) in [5.74, 6) is -0.467. The molecule has 10 nitrogen and oxygen atoms in total. The van der Waals surface area contributed by atoms with Crippen LogP contribution in [0.25, 0.3) is 0 Å². The van der Waals surface area contributed by atoms with Crippen LogP contribution in [0.15, 0.2) is 63.6 Å². The number of hydrazone groups is 1. The number of carbonyl (C=O) groups excluding carboxylic acids is 1. The zero-order valence-corrected chi connectivity index (χ0v) is 18.7. The number of rotatable bonds is 8. The van der Waals surface area contributed by atoms with Gasteiger partial charge in [0.25, 0.3) is 17.2 Å². The highest BCUT2D eigenvalue weighted by Crippen LogP contribution is 2.19. The average molecular weight is 468 g/mol. The van der Waals surface area contributed by atoms with Gasteiger partial charge in [-0.2, -0.15) is 5.10 Å². The van der Waals surface area contributed by atoms with Gasteiger partial charge in [-0.05, 0) is 31.5 Å². The second-order valence-corrected chi connectivity index (χ2v) is 7.90. The molecule has 0 radical (unpaired) electrons. The number of carbonyl (C=O) groups is 1. The first-order valence-electron chi connectivity index (χ1n) is 9.91. The van der Waals surface area contributed by atoms with Crippen LogP contribution in [0.1, 0.15) is 34.1 Å². The van der Waals surface area contributed by atoms with E-state index >= 15 is 0 Å². The second kappa shape index (κ2) is 10.6. The van der Waals surface area contributed by atoms with Gasteiger partial charge in [0, 0.05) is 40.3 Å². The molecule has 0 aliphatic rings. The molecule has 3 aromatic rings. The number of thioether (sulfide) groups is 1. The van der Waals surface area contributed by atoms with Crippen molar-refractivity contribution < 1.29 is 14.8 Å². The smallest absolute Gasteiger partial charge is 0.271 e. The maximum Gasteiger partial charge on any atom is 0.271 e. The third-order valence-corrected chi connectivity index (χ3v) is 5.58. The van der Waals surface area contributed by atoms with Crippen LogP contribution >= 0.6 is 11.8 Å². The predicted octanol–water partition coefficient (Wildman–Crippen LogP) is 3.18. The number of phenolic OH excluding ortho intramolecular Hbond substituents is 1. The molecule has 3 N–H and O–H groups in total. The minimum Gasteiger partial charge on any atom is -0.508 e. The van der Waals surface area contributed by atoms with E-state index < -0.39 is 10.8 Å². The summed E-state index contributed by atoms with van der Waals surface area (Å²) in [6.45, 7) is 3.62. The highest BCUT2D eigenvalue weighted by atomic mass is 32.2. The largest absolute Gasteiger partial charge is 0.508 e. The van der Waals surface area contributed by atoms with Crippen LogP contribution in [-0.4, -0.2) is 37.4 Å². The fourth-order valence-electron chi connectivity index (χ4n) is 3.02. The van der Waals surface area contributed by atoms with Gasteiger partial charge in [-0.1, -0.05) is 36.9 Å². The van der Waals surface area contributed by atoms with Gasteiger partial charge in [-0.25, -0.2) is 10.4 Å². The van der Waals surface area contributed by atoms with Crippen LogP contribution in [-0.2, 0) is 6.42 Å². The van der Waals surface area contributed by atoms with Gasteiger partial charge in [-0.3, -0.25) is 19.7 Å². The van der Waals surface area contributed by atoms with Gasteiger partial charge in [0.15, 0.2) is 5.16 Å². The summed E-state index contributed by atoms with van der Waals surface area (Å²) in [6, 6.07) is 11.6. The molecule has 0 atom stereocenters. The number of nitro groups is 1.